The third-order valence-corrected chi connectivity index (χ3v) is 0. The molecule has 0 saturated heterocycles. The monoisotopic (exact) mass is 176 g/mol. The molecule has 2 N–H and O–H groups in total. The zero-order valence-corrected chi connectivity index (χ0v) is 7.18. The van der Waals surface area contributed by atoms with Crippen LogP contribution in [0.4, 0.5) is 0 Å². The van der Waals surface area contributed by atoms with Gasteiger partial charge in [0, 0.05) is 17.1 Å². The zero-order valence-electron chi connectivity index (χ0n) is 4.86. The van der Waals surface area contributed by atoms with Crippen molar-refractivity contribution in [3.8, 4) is 0 Å². The van der Waals surface area contributed by atoms with Gasteiger partial charge in [-0.2, -0.15) is 0 Å². The van der Waals surface area contributed by atoms with Gasteiger partial charge in [0.2, 0.25) is 0 Å². The average Bonchev–Trinajstić information content (AvgIpc) is 0.811. The van der Waals surface area contributed by atoms with Gasteiger partial charge in [0.25, 0.3) is 0 Å². The van der Waals surface area contributed by atoms with Crippen LogP contribution in [0.15, 0.2) is 0 Å². The Balaban J connectivity index is -0.00000000750. The zero-order chi connectivity index (χ0) is 3.58. The van der Waals surface area contributed by atoms with E-state index in [9.17, 15) is 0 Å². The molecular weight excluding hydrogens is 172 g/mol. The van der Waals surface area contributed by atoms with Gasteiger partial charge < -0.3 is 12.4 Å². The molecule has 0 atom stereocenters. The third-order valence-electron chi connectivity index (χ3n) is 0. The van der Waals surface area contributed by atoms with Gasteiger partial charge in [0.1, 0.15) is 0 Å². The largest absolute Gasteiger partial charge is 2.00 e. The van der Waals surface area contributed by atoms with E-state index in [0.717, 1.165) is 0 Å². The fourth-order valence-electron chi connectivity index (χ4n) is 0. The predicted molar refractivity (Wildman–Crippen MR) is 18.9 cm³/mol. The summed E-state index contributed by atoms with van der Waals surface area (Å²) in [4.78, 5) is 14.3. The summed E-state index contributed by atoms with van der Waals surface area (Å²) < 4.78 is 8.74. The van der Waals surface area contributed by atoms with Crippen LogP contribution in [0, 0.1) is 0 Å². The van der Waals surface area contributed by atoms with Crippen molar-refractivity contribution >= 4 is 46.9 Å². The first-order valence-corrected chi connectivity index (χ1v) is 1.95. The standard InChI is InChI=1S/Ca.Fe.H2O3Si.2H/c;;1-4(2)3;;/h;;1-2H;;/q+2;;;2*-1. The summed E-state index contributed by atoms with van der Waals surface area (Å²) in [6.07, 6.45) is 0. The second-order valence-corrected chi connectivity index (χ2v) is 0.848. The maximum atomic E-state index is 8.74. The van der Waals surface area contributed by atoms with Gasteiger partial charge in [-0.1, -0.05) is 0 Å². The Bertz CT molecular complexity index is 40.3. The van der Waals surface area contributed by atoms with Crippen LogP contribution in [-0.4, -0.2) is 56.5 Å². The van der Waals surface area contributed by atoms with Crippen molar-refractivity contribution in [1.82, 2.24) is 0 Å². The summed E-state index contributed by atoms with van der Waals surface area (Å²) in [5.41, 5.74) is 0. The number of hydrogen-bond donors (Lipinski definition) is 2. The Morgan fingerprint density at radius 2 is 1.50 bits per heavy atom. The molecule has 0 aliphatic carbocycles. The molecule has 0 saturated carbocycles. The van der Waals surface area contributed by atoms with E-state index >= 15 is 0 Å². The van der Waals surface area contributed by atoms with E-state index < -0.39 is 9.17 Å². The van der Waals surface area contributed by atoms with Gasteiger partial charge in [-0.05, 0) is 0 Å². The topological polar surface area (TPSA) is 57.5 Å². The average molecular weight is 176 g/mol. The van der Waals surface area contributed by atoms with Crippen molar-refractivity contribution in [2.75, 3.05) is 0 Å². The van der Waals surface area contributed by atoms with Crippen molar-refractivity contribution in [3.63, 3.8) is 0 Å². The smallest absolute Gasteiger partial charge is 1.00 e. The summed E-state index contributed by atoms with van der Waals surface area (Å²) in [6, 6.07) is 0. The Morgan fingerprint density at radius 1 is 1.50 bits per heavy atom. The fraction of sp³-hybridized carbons (Fsp3) is 0. The molecule has 0 amide bonds. The van der Waals surface area contributed by atoms with Gasteiger partial charge in [-0.3, -0.25) is 4.46 Å². The number of hydrogen-bond acceptors (Lipinski definition) is 1. The van der Waals surface area contributed by atoms with E-state index in [1.807, 2.05) is 0 Å². The molecule has 0 heterocycles. The minimum Gasteiger partial charge on any atom is -1.00 e. The molecule has 0 fully saturated rings. The van der Waals surface area contributed by atoms with E-state index in [1.165, 1.54) is 0 Å². The van der Waals surface area contributed by atoms with Crippen molar-refractivity contribution in [2.24, 2.45) is 0 Å². The van der Waals surface area contributed by atoms with Crippen LogP contribution < -0.4 is 0 Å². The van der Waals surface area contributed by atoms with Crippen LogP contribution >= 0.6 is 0 Å². The Labute approximate surface area is 80.1 Å². The van der Waals surface area contributed by atoms with E-state index in [4.69, 9.17) is 14.1 Å². The minimum atomic E-state index is -3.13. The number of rotatable bonds is 0. The van der Waals surface area contributed by atoms with Crippen molar-refractivity contribution in [1.29, 1.82) is 0 Å². The SMILES string of the molecule is O=[Si](O)O.[Ca+2].[Fe].[H-].[H-]. The summed E-state index contributed by atoms with van der Waals surface area (Å²) >= 11 is 0. The molecule has 0 aromatic heterocycles. The van der Waals surface area contributed by atoms with E-state index in [2.05, 4.69) is 0 Å². The molecule has 0 aromatic rings. The summed E-state index contributed by atoms with van der Waals surface area (Å²) in [6.45, 7) is 0. The fourth-order valence-corrected chi connectivity index (χ4v) is 0. The predicted octanol–water partition coefficient (Wildman–Crippen LogP) is -1.77. The second-order valence-electron chi connectivity index (χ2n) is 0.283. The van der Waals surface area contributed by atoms with Crippen LogP contribution in [0.1, 0.15) is 2.85 Å². The molecule has 6 heteroatoms. The van der Waals surface area contributed by atoms with Crippen molar-refractivity contribution in [3.05, 3.63) is 0 Å². The van der Waals surface area contributed by atoms with Gasteiger partial charge in [-0.25, -0.2) is 0 Å². The summed E-state index contributed by atoms with van der Waals surface area (Å²) in [5, 5.41) is 0. The Morgan fingerprint density at radius 3 is 1.50 bits per heavy atom. The first kappa shape index (κ1) is 15.7. The maximum absolute atomic E-state index is 8.74. The molecule has 0 aliphatic rings. The van der Waals surface area contributed by atoms with Crippen molar-refractivity contribution in [2.45, 2.75) is 0 Å². The Hall–Kier alpha value is 1.40. The van der Waals surface area contributed by atoms with E-state index in [1.54, 1.807) is 0 Å². The van der Waals surface area contributed by atoms with Crippen LogP contribution in [0.25, 0.3) is 0 Å². The van der Waals surface area contributed by atoms with Crippen LogP contribution in [0.2, 0.25) is 0 Å². The van der Waals surface area contributed by atoms with Gasteiger partial charge in [0.05, 0.1) is 0 Å². The molecule has 0 spiro atoms. The van der Waals surface area contributed by atoms with E-state index in [0.29, 0.717) is 0 Å². The molecule has 36 valence electrons. The molecule has 0 aromatic carbocycles. The van der Waals surface area contributed by atoms with Crippen LogP contribution in [-0.2, 0) is 21.5 Å². The van der Waals surface area contributed by atoms with Gasteiger partial charge >= 0.3 is 46.9 Å². The molecule has 0 bridgehead atoms. The summed E-state index contributed by atoms with van der Waals surface area (Å²) in [7, 11) is -3.13. The quantitative estimate of drug-likeness (QED) is 0.429. The van der Waals surface area contributed by atoms with Gasteiger partial charge in [0.15, 0.2) is 0 Å². The second kappa shape index (κ2) is 9.64. The molecule has 0 aliphatic heterocycles. The van der Waals surface area contributed by atoms with Crippen LogP contribution in [0.3, 0.4) is 0 Å². The molecule has 0 unspecified atom stereocenters. The molecule has 3 nitrogen and oxygen atoms in total. The molecule has 0 rings (SSSR count). The first-order valence-electron chi connectivity index (χ1n) is 0.651. The first-order chi connectivity index (χ1) is 1.73. The third kappa shape index (κ3) is 53.5. The van der Waals surface area contributed by atoms with E-state index in [-0.39, 0.29) is 57.7 Å². The molecule has 0 radical (unpaired) electrons. The van der Waals surface area contributed by atoms with Gasteiger partial charge in [-0.15, -0.1) is 0 Å². The van der Waals surface area contributed by atoms with Crippen LogP contribution in [0.5, 0.6) is 0 Å². The normalized spacial score (nSPS) is 4.00. The van der Waals surface area contributed by atoms with Crippen molar-refractivity contribution < 1.29 is 34.0 Å². The maximum Gasteiger partial charge on any atom is 2.00 e. The molecular formula is H4CaFeO3Si. The molecule has 6 heavy (non-hydrogen) atoms. The Kier molecular flexibility index (Phi) is 25.1. The minimum absolute atomic E-state index is 0. The summed E-state index contributed by atoms with van der Waals surface area (Å²) in [5.74, 6) is 0.